The van der Waals surface area contributed by atoms with E-state index in [-0.39, 0.29) is 17.9 Å². The van der Waals surface area contributed by atoms with Crippen LogP contribution in [-0.2, 0) is 19.6 Å². The molecule has 0 spiro atoms. The predicted molar refractivity (Wildman–Crippen MR) is 121 cm³/mol. The number of carbonyl (C=O) groups excluding carboxylic acids is 2. The van der Waals surface area contributed by atoms with E-state index in [9.17, 15) is 22.4 Å². The van der Waals surface area contributed by atoms with Gasteiger partial charge in [0.25, 0.3) is 5.91 Å². The van der Waals surface area contributed by atoms with E-state index in [2.05, 4.69) is 15.1 Å². The number of amides is 2. The van der Waals surface area contributed by atoms with E-state index in [0.29, 0.717) is 29.0 Å². The SMILES string of the molecule is CCCS(=O)(=O)Nc1cccc(NC(=O)C2=NN(c3ccc(F)cc3)C(C(N)=O)C2)c1C. The maximum atomic E-state index is 13.2. The number of sulfonamides is 1. The average molecular weight is 462 g/mol. The highest BCUT2D eigenvalue weighted by Crippen LogP contribution is 2.27. The molecule has 1 unspecified atom stereocenters. The number of hydrogen-bond donors (Lipinski definition) is 3. The van der Waals surface area contributed by atoms with Crippen LogP contribution in [0.25, 0.3) is 0 Å². The van der Waals surface area contributed by atoms with E-state index in [4.69, 9.17) is 5.73 Å². The van der Waals surface area contributed by atoms with E-state index in [1.807, 2.05) is 0 Å². The Labute approximate surface area is 185 Å². The third-order valence-corrected chi connectivity index (χ3v) is 6.39. The second-order valence-corrected chi connectivity index (χ2v) is 9.19. The maximum absolute atomic E-state index is 13.2. The van der Waals surface area contributed by atoms with Gasteiger partial charge in [0.1, 0.15) is 17.6 Å². The van der Waals surface area contributed by atoms with Gasteiger partial charge in [0.2, 0.25) is 15.9 Å². The molecule has 0 bridgehead atoms. The molecule has 32 heavy (non-hydrogen) atoms. The van der Waals surface area contributed by atoms with Crippen LogP contribution in [0.15, 0.2) is 47.6 Å². The Morgan fingerprint density at radius 3 is 2.47 bits per heavy atom. The van der Waals surface area contributed by atoms with Gasteiger partial charge in [-0.3, -0.25) is 19.3 Å². The van der Waals surface area contributed by atoms with Gasteiger partial charge in [-0.1, -0.05) is 13.0 Å². The van der Waals surface area contributed by atoms with Gasteiger partial charge in [-0.25, -0.2) is 12.8 Å². The standard InChI is InChI=1S/C21H24FN5O4S/c1-3-11-32(30,31)26-17-6-4-5-16(13(17)2)24-21(29)18-12-19(20(23)28)27(25-18)15-9-7-14(22)8-10-15/h4-10,19,26H,3,11-12H2,1-2H3,(H2,23,28)(H,24,29). The van der Waals surface area contributed by atoms with E-state index in [0.717, 1.165) is 0 Å². The van der Waals surface area contributed by atoms with Gasteiger partial charge in [-0.05, 0) is 55.3 Å². The normalized spacial score (nSPS) is 15.9. The van der Waals surface area contributed by atoms with Crippen molar-refractivity contribution in [2.45, 2.75) is 32.7 Å². The van der Waals surface area contributed by atoms with Crippen molar-refractivity contribution in [3.63, 3.8) is 0 Å². The Bertz CT molecular complexity index is 1170. The zero-order valence-corrected chi connectivity index (χ0v) is 18.4. The van der Waals surface area contributed by atoms with Gasteiger partial charge in [-0.15, -0.1) is 0 Å². The van der Waals surface area contributed by atoms with Crippen molar-refractivity contribution in [1.29, 1.82) is 0 Å². The van der Waals surface area contributed by atoms with Crippen LogP contribution in [-0.4, -0.2) is 37.7 Å². The third kappa shape index (κ3) is 5.22. The zero-order valence-electron chi connectivity index (χ0n) is 17.6. The topological polar surface area (TPSA) is 134 Å². The lowest BCUT2D eigenvalue weighted by Gasteiger charge is -2.20. The highest BCUT2D eigenvalue weighted by Gasteiger charge is 2.35. The van der Waals surface area contributed by atoms with Crippen LogP contribution in [0.2, 0.25) is 0 Å². The monoisotopic (exact) mass is 461 g/mol. The molecular weight excluding hydrogens is 437 g/mol. The van der Waals surface area contributed by atoms with Crippen LogP contribution in [0.3, 0.4) is 0 Å². The van der Waals surface area contributed by atoms with Crippen LogP contribution in [0, 0.1) is 12.7 Å². The molecule has 170 valence electrons. The summed E-state index contributed by atoms with van der Waals surface area (Å²) < 4.78 is 39.9. The molecule has 11 heteroatoms. The molecule has 0 saturated carbocycles. The smallest absolute Gasteiger partial charge is 0.271 e. The van der Waals surface area contributed by atoms with E-state index >= 15 is 0 Å². The van der Waals surface area contributed by atoms with Crippen LogP contribution in [0.5, 0.6) is 0 Å². The van der Waals surface area contributed by atoms with Crippen molar-refractivity contribution >= 4 is 44.6 Å². The fourth-order valence-electron chi connectivity index (χ4n) is 3.26. The number of benzene rings is 2. The van der Waals surface area contributed by atoms with Crippen molar-refractivity contribution in [3.8, 4) is 0 Å². The summed E-state index contributed by atoms with van der Waals surface area (Å²) in [6.45, 7) is 3.44. The van der Waals surface area contributed by atoms with Crippen molar-refractivity contribution in [2.75, 3.05) is 20.8 Å². The molecule has 3 rings (SSSR count). The maximum Gasteiger partial charge on any atom is 0.271 e. The van der Waals surface area contributed by atoms with E-state index < -0.39 is 33.7 Å². The minimum absolute atomic E-state index is 0.0203. The number of rotatable bonds is 8. The van der Waals surface area contributed by atoms with E-state index in [1.165, 1.54) is 29.3 Å². The molecule has 0 saturated heterocycles. The Hall–Kier alpha value is -3.47. The number of nitrogens with two attached hydrogens (primary N) is 1. The van der Waals surface area contributed by atoms with Crippen LogP contribution in [0.4, 0.5) is 21.5 Å². The number of nitrogens with zero attached hydrogens (tertiary/aromatic N) is 2. The fraction of sp³-hybridized carbons (Fsp3) is 0.286. The molecule has 2 aromatic rings. The van der Waals surface area contributed by atoms with Crippen LogP contribution in [0.1, 0.15) is 25.3 Å². The summed E-state index contributed by atoms with van der Waals surface area (Å²) in [5.41, 5.74) is 7.23. The molecular formula is C21H24FN5O4S. The van der Waals surface area contributed by atoms with Gasteiger partial charge in [0, 0.05) is 12.1 Å². The zero-order chi connectivity index (χ0) is 23.5. The Balaban J connectivity index is 1.82. The summed E-state index contributed by atoms with van der Waals surface area (Å²) in [4.78, 5) is 24.7. The van der Waals surface area contributed by atoms with Gasteiger partial charge in [-0.2, -0.15) is 5.10 Å². The molecule has 0 aliphatic carbocycles. The summed E-state index contributed by atoms with van der Waals surface area (Å²) in [6, 6.07) is 9.26. The van der Waals surface area contributed by atoms with Gasteiger partial charge < -0.3 is 11.1 Å². The van der Waals surface area contributed by atoms with Crippen LogP contribution < -0.4 is 20.8 Å². The lowest BCUT2D eigenvalue weighted by atomic mass is 10.1. The predicted octanol–water partition coefficient (Wildman–Crippen LogP) is 2.34. The number of nitrogens with one attached hydrogen (secondary N) is 2. The molecule has 9 nitrogen and oxygen atoms in total. The first-order valence-corrected chi connectivity index (χ1v) is 11.6. The Kier molecular flexibility index (Phi) is 6.78. The Morgan fingerprint density at radius 1 is 1.19 bits per heavy atom. The van der Waals surface area contributed by atoms with Crippen LogP contribution >= 0.6 is 0 Å². The molecule has 0 radical (unpaired) electrons. The third-order valence-electron chi connectivity index (χ3n) is 4.91. The molecule has 0 fully saturated rings. The number of primary amides is 1. The first-order chi connectivity index (χ1) is 15.1. The number of hydrazone groups is 1. The highest BCUT2D eigenvalue weighted by atomic mass is 32.2. The largest absolute Gasteiger partial charge is 0.368 e. The molecule has 4 N–H and O–H groups in total. The lowest BCUT2D eigenvalue weighted by molar-refractivity contribution is -0.119. The van der Waals surface area contributed by atoms with Gasteiger partial charge in [0.05, 0.1) is 17.1 Å². The summed E-state index contributed by atoms with van der Waals surface area (Å²) in [5.74, 6) is -1.70. The molecule has 1 aliphatic rings. The van der Waals surface area contributed by atoms with E-state index in [1.54, 1.807) is 32.0 Å². The minimum atomic E-state index is -3.50. The first kappa shape index (κ1) is 23.2. The second-order valence-electron chi connectivity index (χ2n) is 7.34. The molecule has 1 aliphatic heterocycles. The van der Waals surface area contributed by atoms with Gasteiger partial charge in [0.15, 0.2) is 0 Å². The van der Waals surface area contributed by atoms with Gasteiger partial charge >= 0.3 is 0 Å². The van der Waals surface area contributed by atoms with Crippen molar-refractivity contribution < 1.29 is 22.4 Å². The molecule has 2 aromatic carbocycles. The molecule has 0 aromatic heterocycles. The van der Waals surface area contributed by atoms with Crippen molar-refractivity contribution in [2.24, 2.45) is 10.8 Å². The highest BCUT2D eigenvalue weighted by molar-refractivity contribution is 7.92. The van der Waals surface area contributed by atoms with Crippen molar-refractivity contribution in [3.05, 3.63) is 53.8 Å². The summed E-state index contributed by atoms with van der Waals surface area (Å²) in [7, 11) is -3.50. The lowest BCUT2D eigenvalue weighted by Crippen LogP contribution is -2.39. The minimum Gasteiger partial charge on any atom is -0.368 e. The van der Waals surface area contributed by atoms with Crippen molar-refractivity contribution in [1.82, 2.24) is 0 Å². The second kappa shape index (κ2) is 9.35. The quantitative estimate of drug-likeness (QED) is 0.555. The average Bonchev–Trinajstić information content (AvgIpc) is 3.17. The summed E-state index contributed by atoms with van der Waals surface area (Å²) >= 11 is 0. The number of carbonyl (C=O) groups is 2. The number of anilines is 3. The molecule has 2 amide bonds. The summed E-state index contributed by atoms with van der Waals surface area (Å²) in [5, 5.41) is 8.22. The first-order valence-electron chi connectivity index (χ1n) is 9.94. The summed E-state index contributed by atoms with van der Waals surface area (Å²) in [6.07, 6.45) is 0.441. The fourth-order valence-corrected chi connectivity index (χ4v) is 4.46. The number of hydrogen-bond acceptors (Lipinski definition) is 6. The molecule has 1 heterocycles. The number of halogens is 1. The molecule has 1 atom stereocenters. The Morgan fingerprint density at radius 2 is 1.84 bits per heavy atom.